The Morgan fingerprint density at radius 3 is 2.52 bits per heavy atom. The molecule has 1 aromatic carbocycles. The first-order valence-electron chi connectivity index (χ1n) is 7.03. The molecule has 21 heavy (non-hydrogen) atoms. The van der Waals surface area contributed by atoms with Crippen molar-refractivity contribution in [2.24, 2.45) is 0 Å². The van der Waals surface area contributed by atoms with Crippen LogP contribution in [0.25, 0.3) is 6.08 Å². The number of carbonyl (C=O) groups excluding carboxylic acids is 1. The van der Waals surface area contributed by atoms with Crippen LogP contribution in [0.2, 0.25) is 0 Å². The minimum atomic E-state index is -0.00805. The van der Waals surface area contributed by atoms with Gasteiger partial charge < -0.3 is 4.74 Å². The molecule has 0 saturated carbocycles. The van der Waals surface area contributed by atoms with Gasteiger partial charge in [-0.15, -0.1) is 0 Å². The fourth-order valence-corrected chi connectivity index (χ4v) is 3.48. The minimum Gasteiger partial charge on any atom is -0.494 e. The van der Waals surface area contributed by atoms with Crippen LogP contribution in [0, 0.1) is 0 Å². The fourth-order valence-electron chi connectivity index (χ4n) is 1.96. The SMILES string of the molecule is CCCOc1ccc(/C=C2/SC(=S)N(C(C)C)C2=O)cc1. The Hall–Kier alpha value is -1.33. The molecule has 1 aromatic rings. The summed E-state index contributed by atoms with van der Waals surface area (Å²) >= 11 is 6.62. The third-order valence-electron chi connectivity index (χ3n) is 2.99. The first kappa shape index (κ1) is 16.0. The molecule has 0 aliphatic carbocycles. The lowest BCUT2D eigenvalue weighted by Crippen LogP contribution is -2.34. The summed E-state index contributed by atoms with van der Waals surface area (Å²) in [7, 11) is 0. The maximum atomic E-state index is 12.3. The van der Waals surface area contributed by atoms with Crippen molar-refractivity contribution < 1.29 is 9.53 Å². The van der Waals surface area contributed by atoms with Crippen molar-refractivity contribution in [1.29, 1.82) is 0 Å². The summed E-state index contributed by atoms with van der Waals surface area (Å²) in [5.74, 6) is 0.843. The zero-order valence-electron chi connectivity index (χ0n) is 12.5. The zero-order valence-corrected chi connectivity index (χ0v) is 14.1. The van der Waals surface area contributed by atoms with Crippen LogP contribution in [0.3, 0.4) is 0 Å². The maximum absolute atomic E-state index is 12.3. The molecule has 0 N–H and O–H groups in total. The van der Waals surface area contributed by atoms with Crippen LogP contribution in [0.5, 0.6) is 5.75 Å². The Labute approximate surface area is 135 Å². The van der Waals surface area contributed by atoms with E-state index in [1.165, 1.54) is 11.8 Å². The summed E-state index contributed by atoms with van der Waals surface area (Å²) in [6.45, 7) is 6.72. The van der Waals surface area contributed by atoms with E-state index in [1.54, 1.807) is 4.90 Å². The predicted molar refractivity (Wildman–Crippen MR) is 92.4 cm³/mol. The number of hydrogen-bond acceptors (Lipinski definition) is 4. The molecule has 1 fully saturated rings. The van der Waals surface area contributed by atoms with Crippen LogP contribution in [-0.2, 0) is 4.79 Å². The van der Waals surface area contributed by atoms with E-state index in [-0.39, 0.29) is 11.9 Å². The Kier molecular flexibility index (Phi) is 5.42. The third-order valence-corrected chi connectivity index (χ3v) is 4.32. The molecule has 0 atom stereocenters. The highest BCUT2D eigenvalue weighted by Gasteiger charge is 2.33. The van der Waals surface area contributed by atoms with Crippen LogP contribution < -0.4 is 4.74 Å². The number of thioether (sulfide) groups is 1. The van der Waals surface area contributed by atoms with E-state index < -0.39 is 0 Å². The van der Waals surface area contributed by atoms with Crippen LogP contribution in [0.15, 0.2) is 29.2 Å². The Morgan fingerprint density at radius 2 is 2.00 bits per heavy atom. The first-order valence-corrected chi connectivity index (χ1v) is 8.25. The lowest BCUT2D eigenvalue weighted by atomic mass is 10.2. The molecule has 0 unspecified atom stereocenters. The van der Waals surface area contributed by atoms with E-state index in [0.717, 1.165) is 17.7 Å². The molecule has 0 aromatic heterocycles. The van der Waals surface area contributed by atoms with Crippen molar-refractivity contribution in [2.75, 3.05) is 6.61 Å². The van der Waals surface area contributed by atoms with Gasteiger partial charge in [0.1, 0.15) is 10.1 Å². The van der Waals surface area contributed by atoms with Crippen molar-refractivity contribution >= 4 is 40.3 Å². The quantitative estimate of drug-likeness (QED) is 0.603. The number of thiocarbonyl (C=S) groups is 1. The maximum Gasteiger partial charge on any atom is 0.266 e. The van der Waals surface area contributed by atoms with E-state index in [1.807, 2.05) is 44.2 Å². The molecule has 0 bridgehead atoms. The molecule has 1 saturated heterocycles. The monoisotopic (exact) mass is 321 g/mol. The van der Waals surface area contributed by atoms with Gasteiger partial charge in [0.25, 0.3) is 5.91 Å². The molecule has 3 nitrogen and oxygen atoms in total. The molecule has 0 spiro atoms. The summed E-state index contributed by atoms with van der Waals surface area (Å²) in [4.78, 5) is 14.6. The molecule has 1 aliphatic rings. The van der Waals surface area contributed by atoms with E-state index in [2.05, 4.69) is 6.92 Å². The molecule has 1 aliphatic heterocycles. The minimum absolute atomic E-state index is 0.00805. The molecule has 5 heteroatoms. The van der Waals surface area contributed by atoms with Crippen molar-refractivity contribution in [3.8, 4) is 5.75 Å². The summed E-state index contributed by atoms with van der Waals surface area (Å²) < 4.78 is 6.17. The van der Waals surface area contributed by atoms with Gasteiger partial charge in [0, 0.05) is 6.04 Å². The predicted octanol–water partition coefficient (Wildman–Crippen LogP) is 4.09. The molecule has 1 amide bonds. The van der Waals surface area contributed by atoms with Gasteiger partial charge in [0.05, 0.1) is 11.5 Å². The number of hydrogen-bond donors (Lipinski definition) is 0. The van der Waals surface area contributed by atoms with E-state index in [4.69, 9.17) is 17.0 Å². The molecular formula is C16H19NO2S2. The Bertz CT molecular complexity index is 564. The van der Waals surface area contributed by atoms with Crippen LogP contribution in [-0.4, -0.2) is 27.8 Å². The standard InChI is InChI=1S/C16H19NO2S2/c1-4-9-19-13-7-5-12(6-8-13)10-14-15(18)17(11(2)3)16(20)21-14/h5-8,10-11H,4,9H2,1-3H3/b14-10+. The van der Waals surface area contributed by atoms with Crippen LogP contribution in [0.1, 0.15) is 32.8 Å². The number of ether oxygens (including phenoxy) is 1. The first-order chi connectivity index (χ1) is 10.0. The van der Waals surface area contributed by atoms with Gasteiger partial charge in [-0.05, 0) is 44.0 Å². The number of nitrogens with zero attached hydrogens (tertiary/aromatic N) is 1. The van der Waals surface area contributed by atoms with E-state index in [0.29, 0.717) is 15.8 Å². The second-order valence-corrected chi connectivity index (χ2v) is 6.74. The molecular weight excluding hydrogens is 302 g/mol. The molecule has 2 rings (SSSR count). The summed E-state index contributed by atoms with van der Waals surface area (Å²) in [5, 5.41) is 0. The number of benzene rings is 1. The van der Waals surface area contributed by atoms with Crippen molar-refractivity contribution in [2.45, 2.75) is 33.2 Å². The van der Waals surface area contributed by atoms with Gasteiger partial charge in [0.2, 0.25) is 0 Å². The Morgan fingerprint density at radius 1 is 1.33 bits per heavy atom. The molecule has 1 heterocycles. The van der Waals surface area contributed by atoms with E-state index in [9.17, 15) is 4.79 Å². The smallest absolute Gasteiger partial charge is 0.266 e. The largest absolute Gasteiger partial charge is 0.494 e. The fraction of sp³-hybridized carbons (Fsp3) is 0.375. The van der Waals surface area contributed by atoms with Gasteiger partial charge in [-0.25, -0.2) is 0 Å². The van der Waals surface area contributed by atoms with Crippen LogP contribution in [0.4, 0.5) is 0 Å². The van der Waals surface area contributed by atoms with Crippen molar-refractivity contribution in [3.05, 3.63) is 34.7 Å². The van der Waals surface area contributed by atoms with E-state index >= 15 is 0 Å². The van der Waals surface area contributed by atoms with Crippen LogP contribution >= 0.6 is 24.0 Å². The number of rotatable bonds is 5. The van der Waals surface area contributed by atoms with Gasteiger partial charge >= 0.3 is 0 Å². The topological polar surface area (TPSA) is 29.5 Å². The van der Waals surface area contributed by atoms with Gasteiger partial charge in [-0.2, -0.15) is 0 Å². The molecule has 0 radical (unpaired) electrons. The third kappa shape index (κ3) is 3.86. The summed E-state index contributed by atoms with van der Waals surface area (Å²) in [5.41, 5.74) is 0.975. The highest BCUT2D eigenvalue weighted by atomic mass is 32.2. The lowest BCUT2D eigenvalue weighted by Gasteiger charge is -2.18. The molecule has 112 valence electrons. The number of amides is 1. The van der Waals surface area contributed by atoms with Crippen molar-refractivity contribution in [3.63, 3.8) is 0 Å². The average Bonchev–Trinajstić information content (AvgIpc) is 2.72. The zero-order chi connectivity index (χ0) is 15.4. The number of carbonyl (C=O) groups is 1. The highest BCUT2D eigenvalue weighted by Crippen LogP contribution is 2.33. The summed E-state index contributed by atoms with van der Waals surface area (Å²) in [6.07, 6.45) is 2.87. The normalized spacial score (nSPS) is 17.1. The second kappa shape index (κ2) is 7.09. The van der Waals surface area contributed by atoms with Crippen molar-refractivity contribution in [1.82, 2.24) is 4.90 Å². The lowest BCUT2D eigenvalue weighted by molar-refractivity contribution is -0.123. The Balaban J connectivity index is 2.13. The van der Waals surface area contributed by atoms with Gasteiger partial charge in [-0.1, -0.05) is 43.0 Å². The van der Waals surface area contributed by atoms with Gasteiger partial charge in [-0.3, -0.25) is 9.69 Å². The summed E-state index contributed by atoms with van der Waals surface area (Å²) in [6, 6.07) is 7.84. The average molecular weight is 321 g/mol. The highest BCUT2D eigenvalue weighted by molar-refractivity contribution is 8.26. The van der Waals surface area contributed by atoms with Gasteiger partial charge in [0.15, 0.2) is 0 Å². The second-order valence-electron chi connectivity index (χ2n) is 5.06.